The molecule has 2 rings (SSSR count). The lowest BCUT2D eigenvalue weighted by Gasteiger charge is -2.28. The molecule has 20 heavy (non-hydrogen) atoms. The van der Waals surface area contributed by atoms with Crippen LogP contribution in [0, 0.1) is 12.8 Å². The van der Waals surface area contributed by atoms with Gasteiger partial charge in [0.05, 0.1) is 0 Å². The van der Waals surface area contributed by atoms with Crippen LogP contribution in [0.3, 0.4) is 0 Å². The molecule has 0 radical (unpaired) electrons. The fourth-order valence-electron chi connectivity index (χ4n) is 2.51. The molecule has 1 aromatic rings. The number of nitrogens with two attached hydrogens (primary N) is 1. The monoisotopic (exact) mass is 293 g/mol. The van der Waals surface area contributed by atoms with Gasteiger partial charge < -0.3 is 16.0 Å². The molecule has 110 valence electrons. The van der Waals surface area contributed by atoms with Crippen molar-refractivity contribution in [2.45, 2.75) is 26.2 Å². The maximum atomic E-state index is 5.62. The molecule has 5 nitrogen and oxygen atoms in total. The van der Waals surface area contributed by atoms with E-state index in [1.807, 2.05) is 13.0 Å². The van der Waals surface area contributed by atoms with Crippen molar-refractivity contribution >= 4 is 23.2 Å². The van der Waals surface area contributed by atoms with Crippen LogP contribution < -0.4 is 11.1 Å². The molecule has 0 aliphatic carbocycles. The standard InChI is InChI=1S/C14H23N5S/c1-10-9-12(13(15)20)18-14(17-10)16-6-3-11-4-7-19(2)8-5-11/h9,11H,3-8H2,1-2H3,(H2,15,20)(H,16,17,18). The number of aromatic nitrogens is 2. The second kappa shape index (κ2) is 6.95. The number of piperidine rings is 1. The highest BCUT2D eigenvalue weighted by Crippen LogP contribution is 2.19. The largest absolute Gasteiger partial charge is 0.388 e. The highest BCUT2D eigenvalue weighted by atomic mass is 32.1. The Kier molecular flexibility index (Phi) is 5.25. The van der Waals surface area contributed by atoms with Crippen molar-refractivity contribution < 1.29 is 0 Å². The molecule has 1 saturated heterocycles. The van der Waals surface area contributed by atoms with Gasteiger partial charge in [-0.25, -0.2) is 9.97 Å². The first kappa shape index (κ1) is 15.1. The lowest BCUT2D eigenvalue weighted by atomic mass is 9.94. The predicted molar refractivity (Wildman–Crippen MR) is 86.0 cm³/mol. The lowest BCUT2D eigenvalue weighted by molar-refractivity contribution is 0.215. The third kappa shape index (κ3) is 4.38. The smallest absolute Gasteiger partial charge is 0.223 e. The summed E-state index contributed by atoms with van der Waals surface area (Å²) in [7, 11) is 2.19. The summed E-state index contributed by atoms with van der Waals surface area (Å²) in [5.74, 6) is 1.43. The van der Waals surface area contributed by atoms with E-state index < -0.39 is 0 Å². The molecule has 3 N–H and O–H groups in total. The molecule has 0 spiro atoms. The van der Waals surface area contributed by atoms with E-state index in [0.717, 1.165) is 24.6 Å². The van der Waals surface area contributed by atoms with Gasteiger partial charge in [-0.05, 0) is 58.3 Å². The van der Waals surface area contributed by atoms with Crippen LogP contribution in [0.2, 0.25) is 0 Å². The fourth-order valence-corrected chi connectivity index (χ4v) is 2.62. The van der Waals surface area contributed by atoms with Gasteiger partial charge >= 0.3 is 0 Å². The molecule has 6 heteroatoms. The lowest BCUT2D eigenvalue weighted by Crippen LogP contribution is -2.31. The van der Waals surface area contributed by atoms with E-state index >= 15 is 0 Å². The number of anilines is 1. The number of nitrogens with zero attached hydrogens (tertiary/aromatic N) is 3. The van der Waals surface area contributed by atoms with Crippen LogP contribution in [-0.2, 0) is 0 Å². The van der Waals surface area contributed by atoms with Gasteiger partial charge in [-0.3, -0.25) is 0 Å². The third-order valence-electron chi connectivity index (χ3n) is 3.78. The number of aryl methyl sites for hydroxylation is 1. The summed E-state index contributed by atoms with van der Waals surface area (Å²) in [6.45, 7) is 5.23. The molecule has 2 heterocycles. The van der Waals surface area contributed by atoms with Gasteiger partial charge in [0, 0.05) is 12.2 Å². The summed E-state index contributed by atoms with van der Waals surface area (Å²) in [5.41, 5.74) is 7.13. The molecule has 0 atom stereocenters. The Hall–Kier alpha value is -1.27. The molecular weight excluding hydrogens is 270 g/mol. The zero-order valence-corrected chi connectivity index (χ0v) is 13.0. The molecule has 0 saturated carbocycles. The van der Waals surface area contributed by atoms with Gasteiger partial charge in [0.25, 0.3) is 0 Å². The maximum absolute atomic E-state index is 5.62. The minimum atomic E-state index is 0.314. The zero-order chi connectivity index (χ0) is 14.5. The zero-order valence-electron chi connectivity index (χ0n) is 12.2. The van der Waals surface area contributed by atoms with Gasteiger partial charge in [-0.1, -0.05) is 12.2 Å². The number of nitrogens with one attached hydrogen (secondary N) is 1. The Balaban J connectivity index is 1.83. The van der Waals surface area contributed by atoms with E-state index in [-0.39, 0.29) is 0 Å². The molecule has 1 aliphatic rings. The fraction of sp³-hybridized carbons (Fsp3) is 0.643. The Morgan fingerprint density at radius 2 is 2.15 bits per heavy atom. The second-order valence-electron chi connectivity index (χ2n) is 5.54. The molecule has 1 aromatic heterocycles. The van der Waals surface area contributed by atoms with Crippen LogP contribution in [0.5, 0.6) is 0 Å². The summed E-state index contributed by atoms with van der Waals surface area (Å²) in [5, 5.41) is 3.29. The van der Waals surface area contributed by atoms with E-state index in [1.54, 1.807) is 0 Å². The summed E-state index contributed by atoms with van der Waals surface area (Å²) in [6, 6.07) is 1.81. The van der Waals surface area contributed by atoms with Crippen LogP contribution in [0.1, 0.15) is 30.7 Å². The Bertz CT molecular complexity index is 469. The first-order valence-corrected chi connectivity index (χ1v) is 7.53. The minimum Gasteiger partial charge on any atom is -0.388 e. The first-order valence-electron chi connectivity index (χ1n) is 7.12. The quantitative estimate of drug-likeness (QED) is 0.803. The number of hydrogen-bond donors (Lipinski definition) is 2. The maximum Gasteiger partial charge on any atom is 0.223 e. The van der Waals surface area contributed by atoms with Crippen molar-refractivity contribution in [3.63, 3.8) is 0 Å². The van der Waals surface area contributed by atoms with Crippen LogP contribution >= 0.6 is 12.2 Å². The van der Waals surface area contributed by atoms with Crippen LogP contribution in [0.4, 0.5) is 5.95 Å². The Morgan fingerprint density at radius 3 is 2.80 bits per heavy atom. The van der Waals surface area contributed by atoms with E-state index in [2.05, 4.69) is 27.2 Å². The number of likely N-dealkylation sites (tertiary alicyclic amines) is 1. The number of thiocarbonyl (C=S) groups is 1. The van der Waals surface area contributed by atoms with Crippen molar-refractivity contribution in [1.29, 1.82) is 0 Å². The van der Waals surface area contributed by atoms with Crippen molar-refractivity contribution in [1.82, 2.24) is 14.9 Å². The first-order chi connectivity index (χ1) is 9.54. The van der Waals surface area contributed by atoms with Gasteiger partial charge in [0.15, 0.2) is 0 Å². The SMILES string of the molecule is Cc1cc(C(N)=S)nc(NCCC2CCN(C)CC2)n1. The summed E-state index contributed by atoms with van der Waals surface area (Å²) < 4.78 is 0. The second-order valence-corrected chi connectivity index (χ2v) is 5.98. The minimum absolute atomic E-state index is 0.314. The molecule has 0 unspecified atom stereocenters. The normalized spacial score (nSPS) is 17.1. The Morgan fingerprint density at radius 1 is 1.45 bits per heavy atom. The molecular formula is C14H23N5S. The van der Waals surface area contributed by atoms with Gasteiger partial charge in [-0.15, -0.1) is 0 Å². The van der Waals surface area contributed by atoms with Crippen molar-refractivity contribution in [2.75, 3.05) is 32.0 Å². The van der Waals surface area contributed by atoms with Crippen molar-refractivity contribution in [2.24, 2.45) is 11.7 Å². The molecule has 1 fully saturated rings. The van der Waals surface area contributed by atoms with E-state index in [4.69, 9.17) is 18.0 Å². The van der Waals surface area contributed by atoms with Gasteiger partial charge in [-0.2, -0.15) is 0 Å². The number of rotatable bonds is 5. The average Bonchev–Trinajstić information content (AvgIpc) is 2.40. The molecule has 0 bridgehead atoms. The van der Waals surface area contributed by atoms with Gasteiger partial charge in [0.1, 0.15) is 10.7 Å². The average molecular weight is 293 g/mol. The molecule has 0 amide bonds. The predicted octanol–water partition coefficient (Wildman–Crippen LogP) is 1.56. The molecule has 1 aliphatic heterocycles. The third-order valence-corrected chi connectivity index (χ3v) is 3.99. The highest BCUT2D eigenvalue weighted by Gasteiger charge is 2.16. The summed E-state index contributed by atoms with van der Waals surface area (Å²) >= 11 is 4.96. The van der Waals surface area contributed by atoms with E-state index in [1.165, 1.54) is 25.9 Å². The van der Waals surface area contributed by atoms with Crippen molar-refractivity contribution in [3.8, 4) is 0 Å². The van der Waals surface area contributed by atoms with Crippen LogP contribution in [0.15, 0.2) is 6.07 Å². The van der Waals surface area contributed by atoms with Gasteiger partial charge in [0.2, 0.25) is 5.95 Å². The summed E-state index contributed by atoms with van der Waals surface area (Å²) in [6.07, 6.45) is 3.73. The van der Waals surface area contributed by atoms with Crippen LogP contribution in [-0.4, -0.2) is 46.5 Å². The highest BCUT2D eigenvalue weighted by molar-refractivity contribution is 7.80. The summed E-state index contributed by atoms with van der Waals surface area (Å²) in [4.78, 5) is 11.4. The topological polar surface area (TPSA) is 67.1 Å². The number of hydrogen-bond acceptors (Lipinski definition) is 5. The van der Waals surface area contributed by atoms with E-state index in [0.29, 0.717) is 16.6 Å². The Labute approximate surface area is 126 Å². The van der Waals surface area contributed by atoms with Crippen LogP contribution in [0.25, 0.3) is 0 Å². The molecule has 0 aromatic carbocycles. The van der Waals surface area contributed by atoms with E-state index in [9.17, 15) is 0 Å². The van der Waals surface area contributed by atoms with Crippen molar-refractivity contribution in [3.05, 3.63) is 17.5 Å².